The van der Waals surface area contributed by atoms with E-state index in [9.17, 15) is 9.59 Å². The van der Waals surface area contributed by atoms with Gasteiger partial charge in [-0.2, -0.15) is 0 Å². The van der Waals surface area contributed by atoms with Gasteiger partial charge in [0, 0.05) is 34.3 Å². The Balaban J connectivity index is 0.00000461. The summed E-state index contributed by atoms with van der Waals surface area (Å²) < 4.78 is 14.1. The highest BCUT2D eigenvalue weighted by atomic mass is 35.5. The number of ether oxygens (including phenoxy) is 2. The second kappa shape index (κ2) is 17.6. The fraction of sp³-hybridized carbons (Fsp3) is 0.500. The second-order valence-corrected chi connectivity index (χ2v) is 13.2. The van der Waals surface area contributed by atoms with E-state index in [2.05, 4.69) is 46.5 Å². The number of carbonyl (C=O) groups is 1. The summed E-state index contributed by atoms with van der Waals surface area (Å²) in [7, 11) is 0. The number of nitrogens with zero attached hydrogens (tertiary/aromatic N) is 2. The summed E-state index contributed by atoms with van der Waals surface area (Å²) in [6, 6.07) is 18.0. The summed E-state index contributed by atoms with van der Waals surface area (Å²) in [5.74, 6) is 0.706. The third kappa shape index (κ3) is 9.96. The zero-order valence-electron chi connectivity index (χ0n) is 26.6. The molecule has 0 spiro atoms. The lowest BCUT2D eigenvalue weighted by Gasteiger charge is -2.45. The molecule has 1 aliphatic rings. The molecular formula is C36H48ClN3O4S. The van der Waals surface area contributed by atoms with Crippen LogP contribution < -0.4 is 27.6 Å². The number of anilines is 1. The van der Waals surface area contributed by atoms with Crippen molar-refractivity contribution in [1.29, 1.82) is 0 Å². The Morgan fingerprint density at radius 3 is 2.53 bits per heavy atom. The maximum Gasteiger partial charge on any atom is 0.310 e. The van der Waals surface area contributed by atoms with E-state index in [1.54, 1.807) is 11.3 Å². The van der Waals surface area contributed by atoms with Crippen LogP contribution in [0.25, 0.3) is 21.0 Å². The lowest BCUT2D eigenvalue weighted by Crippen LogP contribution is -3.00. The van der Waals surface area contributed by atoms with Gasteiger partial charge in [0.05, 0.1) is 44.8 Å². The average molecular weight is 654 g/mol. The highest BCUT2D eigenvalue weighted by Crippen LogP contribution is 2.32. The number of benzene rings is 2. The van der Waals surface area contributed by atoms with E-state index in [0.717, 1.165) is 79.5 Å². The van der Waals surface area contributed by atoms with Gasteiger partial charge >= 0.3 is 5.97 Å². The van der Waals surface area contributed by atoms with Crippen LogP contribution in [-0.2, 0) is 9.53 Å². The van der Waals surface area contributed by atoms with Crippen molar-refractivity contribution < 1.29 is 31.2 Å². The number of piperazine rings is 1. The molecule has 1 fully saturated rings. The highest BCUT2D eigenvalue weighted by molar-refractivity contribution is 7.17. The van der Waals surface area contributed by atoms with Crippen LogP contribution >= 0.6 is 11.3 Å². The number of quaternary nitrogens is 1. The van der Waals surface area contributed by atoms with E-state index in [0.29, 0.717) is 19.8 Å². The van der Waals surface area contributed by atoms with Crippen molar-refractivity contribution in [3.8, 4) is 5.75 Å². The fourth-order valence-electron chi connectivity index (χ4n) is 6.27. The van der Waals surface area contributed by atoms with Gasteiger partial charge in [0.15, 0.2) is 0 Å². The molecule has 0 amide bonds. The molecule has 0 bridgehead atoms. The van der Waals surface area contributed by atoms with Crippen molar-refractivity contribution in [2.75, 3.05) is 51.0 Å². The first-order chi connectivity index (χ1) is 21.5. The van der Waals surface area contributed by atoms with Gasteiger partial charge in [0.2, 0.25) is 12.3 Å². The number of rotatable bonds is 17. The first kappa shape index (κ1) is 34.8. The van der Waals surface area contributed by atoms with E-state index >= 15 is 0 Å². The minimum Gasteiger partial charge on any atom is -1.00 e. The minimum atomic E-state index is -0.112. The zero-order valence-corrected chi connectivity index (χ0v) is 28.2. The Morgan fingerprint density at radius 1 is 0.933 bits per heavy atom. The summed E-state index contributed by atoms with van der Waals surface area (Å²) in [6.45, 7) is 8.02. The van der Waals surface area contributed by atoms with Gasteiger partial charge in [0.1, 0.15) is 5.75 Å². The Hall–Kier alpha value is -3.07. The predicted molar refractivity (Wildman–Crippen MR) is 182 cm³/mol. The zero-order chi connectivity index (χ0) is 30.6. The molecular weight excluding hydrogens is 606 g/mol. The van der Waals surface area contributed by atoms with Crippen molar-refractivity contribution in [2.45, 2.75) is 71.1 Å². The van der Waals surface area contributed by atoms with Crippen LogP contribution in [0.1, 0.15) is 71.1 Å². The quantitative estimate of drug-likeness (QED) is 0.0999. The van der Waals surface area contributed by atoms with Gasteiger partial charge in [-0.1, -0.05) is 51.5 Å². The van der Waals surface area contributed by atoms with Crippen LogP contribution in [0.2, 0.25) is 0 Å². The molecule has 45 heavy (non-hydrogen) atoms. The third-order valence-corrected chi connectivity index (χ3v) is 9.86. The SMILES string of the molecule is CCCCCCCCCC(=O)OC[N+]1(CCCCOc2ccc3ccc(=O)[nH]c3c2)CCN(c2cccc3sccc23)CC1.[Cl-]. The molecule has 0 atom stereocenters. The molecule has 1 saturated heterocycles. The van der Waals surface area contributed by atoms with Crippen LogP contribution in [0.5, 0.6) is 5.75 Å². The number of H-pyrrole nitrogens is 1. The number of esters is 1. The Labute approximate surface area is 277 Å². The van der Waals surface area contributed by atoms with Crippen molar-refractivity contribution in [3.63, 3.8) is 0 Å². The molecule has 2 aromatic carbocycles. The number of hydrogen-bond donors (Lipinski definition) is 1. The lowest BCUT2D eigenvalue weighted by molar-refractivity contribution is -0.944. The second-order valence-electron chi connectivity index (χ2n) is 12.3. The number of fused-ring (bicyclic) bond motifs is 2. The van der Waals surface area contributed by atoms with Gasteiger partial charge in [-0.15, -0.1) is 11.3 Å². The van der Waals surface area contributed by atoms with E-state index in [1.165, 1.54) is 53.9 Å². The van der Waals surface area contributed by atoms with Gasteiger partial charge < -0.3 is 31.8 Å². The minimum absolute atomic E-state index is 0. The summed E-state index contributed by atoms with van der Waals surface area (Å²) in [4.78, 5) is 29.8. The van der Waals surface area contributed by atoms with Crippen LogP contribution in [0, 0.1) is 0 Å². The van der Waals surface area contributed by atoms with Crippen LogP contribution in [0.4, 0.5) is 5.69 Å². The first-order valence-electron chi connectivity index (χ1n) is 16.5. The maximum absolute atomic E-state index is 12.7. The smallest absolute Gasteiger partial charge is 0.310 e. The largest absolute Gasteiger partial charge is 1.00 e. The molecule has 0 aliphatic carbocycles. The van der Waals surface area contributed by atoms with Crippen LogP contribution in [0.3, 0.4) is 0 Å². The lowest BCUT2D eigenvalue weighted by atomic mass is 10.1. The Kier molecular flexibility index (Phi) is 13.6. The first-order valence-corrected chi connectivity index (χ1v) is 17.4. The monoisotopic (exact) mass is 653 g/mol. The summed E-state index contributed by atoms with van der Waals surface area (Å²) in [6.07, 6.45) is 10.8. The van der Waals surface area contributed by atoms with E-state index in [1.807, 2.05) is 24.3 Å². The molecule has 244 valence electrons. The van der Waals surface area contributed by atoms with Gasteiger partial charge in [-0.25, -0.2) is 0 Å². The van der Waals surface area contributed by atoms with Crippen molar-refractivity contribution >= 4 is 44.0 Å². The standard InChI is InChI=1S/C36H47N3O4S.ClH/c1-2-3-4-5-6-7-8-14-36(41)43-28-39(23-20-38(21-24-39)33-12-11-13-34-31(33)19-26-44-34)22-9-10-25-42-30-17-15-29-16-18-35(40)37-32(29)27-30;/h11-13,15-19,26-27H,2-10,14,20-25,28H2,1H3;1H. The van der Waals surface area contributed by atoms with Gasteiger partial charge in [-0.3, -0.25) is 14.1 Å². The molecule has 4 aromatic rings. The number of unbranched alkanes of at least 4 members (excludes halogenated alkanes) is 7. The van der Waals surface area contributed by atoms with Crippen molar-refractivity contribution in [3.05, 3.63) is 70.3 Å². The molecule has 1 aliphatic heterocycles. The number of carbonyl (C=O) groups excluding carboxylic acids is 1. The Morgan fingerprint density at radius 2 is 1.71 bits per heavy atom. The summed E-state index contributed by atoms with van der Waals surface area (Å²) in [5.41, 5.74) is 1.98. The molecule has 1 N–H and O–H groups in total. The van der Waals surface area contributed by atoms with Crippen LogP contribution in [0.15, 0.2) is 64.8 Å². The summed E-state index contributed by atoms with van der Waals surface area (Å²) in [5, 5.41) is 4.48. The highest BCUT2D eigenvalue weighted by Gasteiger charge is 2.34. The number of aromatic amines is 1. The number of halogens is 1. The van der Waals surface area contributed by atoms with E-state index in [-0.39, 0.29) is 23.9 Å². The van der Waals surface area contributed by atoms with Gasteiger partial charge in [0.25, 0.3) is 0 Å². The third-order valence-electron chi connectivity index (χ3n) is 8.98. The molecule has 5 rings (SSSR count). The topological polar surface area (TPSA) is 71.6 Å². The molecule has 0 radical (unpaired) electrons. The number of pyridine rings is 1. The predicted octanol–water partition coefficient (Wildman–Crippen LogP) is 4.88. The van der Waals surface area contributed by atoms with E-state index in [4.69, 9.17) is 9.47 Å². The van der Waals surface area contributed by atoms with Crippen LogP contribution in [-0.4, -0.2) is 61.5 Å². The van der Waals surface area contributed by atoms with E-state index < -0.39 is 0 Å². The molecule has 3 heterocycles. The van der Waals surface area contributed by atoms with Crippen molar-refractivity contribution in [2.24, 2.45) is 0 Å². The normalized spacial score (nSPS) is 14.4. The average Bonchev–Trinajstić information content (AvgIpc) is 3.53. The molecule has 2 aromatic heterocycles. The number of thiophene rings is 1. The molecule has 9 heteroatoms. The maximum atomic E-state index is 12.7. The molecule has 0 saturated carbocycles. The molecule has 0 unspecified atom stereocenters. The summed E-state index contributed by atoms with van der Waals surface area (Å²) >= 11 is 1.79. The molecule has 7 nitrogen and oxygen atoms in total. The van der Waals surface area contributed by atoms with Crippen molar-refractivity contribution in [1.82, 2.24) is 4.98 Å². The number of nitrogens with one attached hydrogen (secondary N) is 1. The fourth-order valence-corrected chi connectivity index (χ4v) is 7.07. The Bertz CT molecular complexity index is 1550. The van der Waals surface area contributed by atoms with Gasteiger partial charge in [-0.05, 0) is 66.4 Å². The number of hydrogen-bond acceptors (Lipinski definition) is 6. The number of aromatic nitrogens is 1.